The van der Waals surface area contributed by atoms with Crippen LogP contribution in [0.3, 0.4) is 0 Å². The summed E-state index contributed by atoms with van der Waals surface area (Å²) in [4.78, 5) is 31.4. The average Bonchev–Trinajstić information content (AvgIpc) is 3.39. The van der Waals surface area contributed by atoms with E-state index in [0.717, 1.165) is 22.5 Å². The summed E-state index contributed by atoms with van der Waals surface area (Å²) >= 11 is 0. The summed E-state index contributed by atoms with van der Waals surface area (Å²) in [6.45, 7) is 5.54. The second-order valence-corrected chi connectivity index (χ2v) is 6.72. The third kappa shape index (κ3) is 3.53. The van der Waals surface area contributed by atoms with Crippen molar-refractivity contribution in [3.8, 4) is 0 Å². The van der Waals surface area contributed by atoms with Gasteiger partial charge in [-0.15, -0.1) is 0 Å². The first-order valence-electron chi connectivity index (χ1n) is 9.16. The zero-order valence-electron chi connectivity index (χ0n) is 15.4. The molecule has 2 amide bonds. The number of nitrogens with one attached hydrogen (secondary N) is 1. The molecule has 1 atom stereocenters. The zero-order valence-corrected chi connectivity index (χ0v) is 15.4. The SMILES string of the molecule is C=CC(=O)N1CCn2ncc(CNC(=O)C3CC(c4ccccc4)=NO3)c2C1. The maximum absolute atomic E-state index is 12.5. The van der Waals surface area contributed by atoms with Crippen LogP contribution in [0.5, 0.6) is 0 Å². The lowest BCUT2D eigenvalue weighted by Gasteiger charge is -2.27. The molecule has 1 N–H and O–H groups in total. The standard InChI is InChI=1S/C20H21N5O3/c1-2-19(26)24-8-9-25-17(13-24)15(12-22-25)11-21-20(27)18-10-16(23-28-18)14-6-4-3-5-7-14/h2-7,12,18H,1,8-11,13H2,(H,21,27). The molecule has 4 rings (SSSR count). The van der Waals surface area contributed by atoms with Gasteiger partial charge in [0.25, 0.3) is 5.91 Å². The van der Waals surface area contributed by atoms with E-state index in [1.165, 1.54) is 6.08 Å². The van der Waals surface area contributed by atoms with Crippen molar-refractivity contribution in [2.75, 3.05) is 6.54 Å². The van der Waals surface area contributed by atoms with Crippen LogP contribution >= 0.6 is 0 Å². The van der Waals surface area contributed by atoms with Gasteiger partial charge in [0.1, 0.15) is 0 Å². The quantitative estimate of drug-likeness (QED) is 0.791. The molecular weight excluding hydrogens is 358 g/mol. The first kappa shape index (κ1) is 18.0. The smallest absolute Gasteiger partial charge is 0.264 e. The van der Waals surface area contributed by atoms with Crippen molar-refractivity contribution in [2.24, 2.45) is 5.16 Å². The summed E-state index contributed by atoms with van der Waals surface area (Å²) in [5.41, 5.74) is 3.53. The monoisotopic (exact) mass is 379 g/mol. The summed E-state index contributed by atoms with van der Waals surface area (Å²) in [7, 11) is 0. The molecule has 1 aromatic carbocycles. The predicted molar refractivity (Wildman–Crippen MR) is 102 cm³/mol. The van der Waals surface area contributed by atoms with Crippen molar-refractivity contribution in [2.45, 2.75) is 32.2 Å². The lowest BCUT2D eigenvalue weighted by molar-refractivity contribution is -0.131. The number of amides is 2. The van der Waals surface area contributed by atoms with E-state index >= 15 is 0 Å². The third-order valence-corrected chi connectivity index (χ3v) is 4.97. The molecule has 0 saturated heterocycles. The molecule has 2 aromatic rings. The van der Waals surface area contributed by atoms with Crippen LogP contribution in [-0.4, -0.2) is 44.9 Å². The number of carbonyl (C=O) groups is 2. The van der Waals surface area contributed by atoms with Gasteiger partial charge in [-0.05, 0) is 11.6 Å². The summed E-state index contributed by atoms with van der Waals surface area (Å²) in [6, 6.07) is 9.67. The third-order valence-electron chi connectivity index (χ3n) is 4.97. The van der Waals surface area contributed by atoms with Crippen molar-refractivity contribution >= 4 is 17.5 Å². The molecule has 2 aliphatic heterocycles. The molecule has 0 saturated carbocycles. The summed E-state index contributed by atoms with van der Waals surface area (Å²) in [5, 5.41) is 11.3. The predicted octanol–water partition coefficient (Wildman–Crippen LogP) is 1.22. The van der Waals surface area contributed by atoms with Gasteiger partial charge in [-0.3, -0.25) is 14.3 Å². The molecule has 0 fully saturated rings. The Labute approximate surface area is 162 Å². The van der Waals surface area contributed by atoms with E-state index in [2.05, 4.69) is 22.2 Å². The molecule has 0 bridgehead atoms. The van der Waals surface area contributed by atoms with Gasteiger partial charge >= 0.3 is 0 Å². The minimum absolute atomic E-state index is 0.104. The lowest BCUT2D eigenvalue weighted by atomic mass is 10.0. The average molecular weight is 379 g/mol. The molecule has 3 heterocycles. The minimum Gasteiger partial charge on any atom is -0.382 e. The molecule has 0 spiro atoms. The van der Waals surface area contributed by atoms with Gasteiger partial charge < -0.3 is 15.1 Å². The molecule has 8 heteroatoms. The molecule has 144 valence electrons. The number of carbonyl (C=O) groups excluding carboxylic acids is 2. The fourth-order valence-electron chi connectivity index (χ4n) is 3.38. The van der Waals surface area contributed by atoms with Crippen LogP contribution in [0.15, 0.2) is 54.3 Å². The molecular formula is C20H21N5O3. The zero-order chi connectivity index (χ0) is 19.5. The van der Waals surface area contributed by atoms with Gasteiger partial charge in [-0.1, -0.05) is 42.1 Å². The molecule has 1 unspecified atom stereocenters. The van der Waals surface area contributed by atoms with Crippen LogP contribution in [0.2, 0.25) is 0 Å². The number of rotatable bonds is 5. The number of aromatic nitrogens is 2. The topological polar surface area (TPSA) is 88.8 Å². The van der Waals surface area contributed by atoms with Gasteiger partial charge in [0.2, 0.25) is 12.0 Å². The van der Waals surface area contributed by atoms with E-state index in [1.807, 2.05) is 35.0 Å². The normalized spacial score (nSPS) is 18.1. The number of benzene rings is 1. The van der Waals surface area contributed by atoms with E-state index < -0.39 is 6.10 Å². The van der Waals surface area contributed by atoms with E-state index in [9.17, 15) is 9.59 Å². The van der Waals surface area contributed by atoms with E-state index in [4.69, 9.17) is 4.84 Å². The fourth-order valence-corrected chi connectivity index (χ4v) is 3.38. The molecule has 8 nitrogen and oxygen atoms in total. The Morgan fingerprint density at radius 2 is 2.11 bits per heavy atom. The van der Waals surface area contributed by atoms with Crippen LogP contribution < -0.4 is 5.32 Å². The van der Waals surface area contributed by atoms with Crippen LogP contribution in [0.4, 0.5) is 0 Å². The number of oxime groups is 1. The second-order valence-electron chi connectivity index (χ2n) is 6.72. The first-order valence-corrected chi connectivity index (χ1v) is 9.16. The van der Waals surface area contributed by atoms with Gasteiger partial charge in [-0.25, -0.2) is 0 Å². The maximum Gasteiger partial charge on any atom is 0.264 e. The van der Waals surface area contributed by atoms with Gasteiger partial charge in [0.15, 0.2) is 0 Å². The van der Waals surface area contributed by atoms with E-state index in [-0.39, 0.29) is 11.8 Å². The maximum atomic E-state index is 12.5. The van der Waals surface area contributed by atoms with E-state index in [0.29, 0.717) is 32.6 Å². The summed E-state index contributed by atoms with van der Waals surface area (Å²) in [6.07, 6.45) is 2.85. The van der Waals surface area contributed by atoms with Gasteiger partial charge in [0.05, 0.1) is 30.7 Å². The van der Waals surface area contributed by atoms with Crippen molar-refractivity contribution in [3.63, 3.8) is 0 Å². The molecule has 1 aromatic heterocycles. The molecule has 2 aliphatic rings. The summed E-state index contributed by atoms with van der Waals surface area (Å²) in [5.74, 6) is -0.322. The van der Waals surface area contributed by atoms with Gasteiger partial charge in [0, 0.05) is 25.1 Å². The Hall–Kier alpha value is -3.42. The number of fused-ring (bicyclic) bond motifs is 1. The Morgan fingerprint density at radius 1 is 1.29 bits per heavy atom. The highest BCUT2D eigenvalue weighted by Crippen LogP contribution is 2.19. The number of hydrogen-bond acceptors (Lipinski definition) is 5. The van der Waals surface area contributed by atoms with Gasteiger partial charge in [-0.2, -0.15) is 5.10 Å². The highest BCUT2D eigenvalue weighted by atomic mass is 16.6. The Morgan fingerprint density at radius 3 is 2.89 bits per heavy atom. The highest BCUT2D eigenvalue weighted by Gasteiger charge is 2.29. The lowest BCUT2D eigenvalue weighted by Crippen LogP contribution is -2.38. The Bertz CT molecular complexity index is 935. The van der Waals surface area contributed by atoms with Crippen LogP contribution in [0, 0.1) is 0 Å². The van der Waals surface area contributed by atoms with Crippen molar-refractivity contribution in [1.29, 1.82) is 0 Å². The minimum atomic E-state index is -0.638. The Balaban J connectivity index is 1.35. The van der Waals surface area contributed by atoms with Crippen LogP contribution in [0.25, 0.3) is 0 Å². The molecule has 28 heavy (non-hydrogen) atoms. The highest BCUT2D eigenvalue weighted by molar-refractivity contribution is 6.04. The van der Waals surface area contributed by atoms with E-state index in [1.54, 1.807) is 11.1 Å². The first-order chi connectivity index (χ1) is 13.7. The largest absolute Gasteiger partial charge is 0.382 e. The Kier molecular flexibility index (Phi) is 4.92. The summed E-state index contributed by atoms with van der Waals surface area (Å²) < 4.78 is 1.87. The molecule has 0 radical (unpaired) electrons. The number of nitrogens with zero attached hydrogens (tertiary/aromatic N) is 4. The van der Waals surface area contributed by atoms with Crippen LogP contribution in [0.1, 0.15) is 23.2 Å². The second kappa shape index (κ2) is 7.67. The fraction of sp³-hybridized carbons (Fsp3) is 0.300. The number of hydrogen-bond donors (Lipinski definition) is 1. The van der Waals surface area contributed by atoms with Crippen molar-refractivity contribution in [3.05, 3.63) is 66.0 Å². The van der Waals surface area contributed by atoms with Crippen molar-refractivity contribution < 1.29 is 14.4 Å². The van der Waals surface area contributed by atoms with Crippen LogP contribution in [-0.2, 0) is 34.1 Å². The molecule has 0 aliphatic carbocycles. The van der Waals surface area contributed by atoms with Crippen molar-refractivity contribution in [1.82, 2.24) is 20.0 Å².